The van der Waals surface area contributed by atoms with Gasteiger partial charge in [0.15, 0.2) is 0 Å². The molecule has 1 unspecified atom stereocenters. The zero-order valence-corrected chi connectivity index (χ0v) is 12.4. The van der Waals surface area contributed by atoms with E-state index in [0.717, 1.165) is 25.6 Å². The lowest BCUT2D eigenvalue weighted by Gasteiger charge is -2.25. The fourth-order valence-corrected chi connectivity index (χ4v) is 2.51. The van der Waals surface area contributed by atoms with Crippen molar-refractivity contribution in [3.05, 3.63) is 0 Å². The molecule has 1 saturated carbocycles. The van der Waals surface area contributed by atoms with E-state index in [1.807, 2.05) is 0 Å². The highest BCUT2D eigenvalue weighted by Crippen LogP contribution is 2.23. The van der Waals surface area contributed by atoms with E-state index in [9.17, 15) is 0 Å². The summed E-state index contributed by atoms with van der Waals surface area (Å²) in [6.45, 7) is 8.00. The molecule has 3 nitrogen and oxygen atoms in total. The Balaban J connectivity index is 2.15. The van der Waals surface area contributed by atoms with Crippen LogP contribution >= 0.6 is 0 Å². The first-order chi connectivity index (χ1) is 8.72. The molecule has 1 rings (SSSR count). The summed E-state index contributed by atoms with van der Waals surface area (Å²) in [5, 5.41) is 3.45. The van der Waals surface area contributed by atoms with Gasteiger partial charge in [-0.2, -0.15) is 0 Å². The van der Waals surface area contributed by atoms with Gasteiger partial charge in [-0.1, -0.05) is 33.1 Å². The Morgan fingerprint density at radius 2 is 1.83 bits per heavy atom. The second-order valence-corrected chi connectivity index (χ2v) is 5.97. The van der Waals surface area contributed by atoms with Crippen LogP contribution in [0.5, 0.6) is 0 Å². The van der Waals surface area contributed by atoms with Crippen molar-refractivity contribution in [2.24, 2.45) is 11.8 Å². The van der Waals surface area contributed by atoms with Crippen LogP contribution in [0.1, 0.15) is 46.0 Å². The number of rotatable bonds is 9. The Labute approximate surface area is 113 Å². The van der Waals surface area contributed by atoms with E-state index in [-0.39, 0.29) is 6.10 Å². The molecule has 0 amide bonds. The van der Waals surface area contributed by atoms with Crippen molar-refractivity contribution in [3.63, 3.8) is 0 Å². The Morgan fingerprint density at radius 3 is 2.44 bits per heavy atom. The standard InChI is InChI=1S/C15H31NO2/c1-13(2)9-16-10-15(12-17-3)18-11-14-7-5-4-6-8-14/h13-16H,4-12H2,1-3H3. The number of methoxy groups -OCH3 is 1. The molecule has 3 heteroatoms. The number of hydrogen-bond acceptors (Lipinski definition) is 3. The Hall–Kier alpha value is -0.120. The minimum Gasteiger partial charge on any atom is -0.382 e. The molecule has 108 valence electrons. The molecule has 0 aromatic heterocycles. The van der Waals surface area contributed by atoms with Gasteiger partial charge in [-0.25, -0.2) is 0 Å². The van der Waals surface area contributed by atoms with Crippen molar-refractivity contribution in [2.75, 3.05) is 33.4 Å². The third-order valence-electron chi connectivity index (χ3n) is 3.57. The summed E-state index contributed by atoms with van der Waals surface area (Å²) < 4.78 is 11.3. The molecule has 0 saturated heterocycles. The highest BCUT2D eigenvalue weighted by atomic mass is 16.5. The maximum Gasteiger partial charge on any atom is 0.0932 e. The van der Waals surface area contributed by atoms with Crippen LogP contribution in [0.15, 0.2) is 0 Å². The van der Waals surface area contributed by atoms with Crippen molar-refractivity contribution >= 4 is 0 Å². The van der Waals surface area contributed by atoms with Gasteiger partial charge in [-0.3, -0.25) is 0 Å². The fraction of sp³-hybridized carbons (Fsp3) is 1.00. The maximum absolute atomic E-state index is 6.02. The zero-order chi connectivity index (χ0) is 13.2. The van der Waals surface area contributed by atoms with Gasteiger partial charge in [0.2, 0.25) is 0 Å². The van der Waals surface area contributed by atoms with Crippen LogP contribution in [-0.2, 0) is 9.47 Å². The van der Waals surface area contributed by atoms with Gasteiger partial charge in [0.25, 0.3) is 0 Å². The first-order valence-corrected chi connectivity index (χ1v) is 7.53. The molecule has 1 aliphatic carbocycles. The van der Waals surface area contributed by atoms with E-state index in [2.05, 4.69) is 19.2 Å². The molecule has 0 aromatic carbocycles. The largest absolute Gasteiger partial charge is 0.382 e. The van der Waals surface area contributed by atoms with Gasteiger partial charge in [-0.15, -0.1) is 0 Å². The molecule has 0 spiro atoms. The fourth-order valence-electron chi connectivity index (χ4n) is 2.51. The molecule has 0 bridgehead atoms. The van der Waals surface area contributed by atoms with Gasteiger partial charge in [0.05, 0.1) is 12.7 Å². The predicted octanol–water partition coefficient (Wildman–Crippen LogP) is 2.84. The lowest BCUT2D eigenvalue weighted by molar-refractivity contribution is -0.0209. The van der Waals surface area contributed by atoms with E-state index in [4.69, 9.17) is 9.47 Å². The minimum absolute atomic E-state index is 0.204. The van der Waals surface area contributed by atoms with Gasteiger partial charge in [0.1, 0.15) is 0 Å². The lowest BCUT2D eigenvalue weighted by Crippen LogP contribution is -2.35. The van der Waals surface area contributed by atoms with Crippen LogP contribution in [0.2, 0.25) is 0 Å². The zero-order valence-electron chi connectivity index (χ0n) is 12.4. The average Bonchev–Trinajstić information content (AvgIpc) is 2.37. The minimum atomic E-state index is 0.204. The summed E-state index contributed by atoms with van der Waals surface area (Å²) in [5.74, 6) is 1.47. The molecule has 18 heavy (non-hydrogen) atoms. The Morgan fingerprint density at radius 1 is 1.11 bits per heavy atom. The topological polar surface area (TPSA) is 30.5 Å². The highest BCUT2D eigenvalue weighted by molar-refractivity contribution is 4.68. The molecule has 0 aliphatic heterocycles. The first kappa shape index (κ1) is 15.9. The van der Waals surface area contributed by atoms with Crippen LogP contribution in [-0.4, -0.2) is 39.5 Å². The molecule has 0 radical (unpaired) electrons. The second kappa shape index (κ2) is 9.76. The molecule has 0 heterocycles. The van der Waals surface area contributed by atoms with Crippen molar-refractivity contribution in [1.29, 1.82) is 0 Å². The Kier molecular flexibility index (Phi) is 8.64. The van der Waals surface area contributed by atoms with Crippen LogP contribution < -0.4 is 5.32 Å². The number of nitrogens with one attached hydrogen (secondary N) is 1. The normalized spacial score (nSPS) is 19.3. The van der Waals surface area contributed by atoms with Crippen LogP contribution in [0, 0.1) is 11.8 Å². The summed E-state index contributed by atoms with van der Waals surface area (Å²) in [5.41, 5.74) is 0. The smallest absolute Gasteiger partial charge is 0.0932 e. The number of hydrogen-bond donors (Lipinski definition) is 1. The highest BCUT2D eigenvalue weighted by Gasteiger charge is 2.16. The van der Waals surface area contributed by atoms with E-state index in [1.165, 1.54) is 32.1 Å². The molecule has 0 aromatic rings. The van der Waals surface area contributed by atoms with Gasteiger partial charge in [-0.05, 0) is 31.2 Å². The van der Waals surface area contributed by atoms with Gasteiger partial charge < -0.3 is 14.8 Å². The van der Waals surface area contributed by atoms with E-state index in [0.29, 0.717) is 12.5 Å². The van der Waals surface area contributed by atoms with E-state index >= 15 is 0 Å². The third-order valence-corrected chi connectivity index (χ3v) is 3.57. The molecule has 1 N–H and O–H groups in total. The van der Waals surface area contributed by atoms with Crippen molar-refractivity contribution < 1.29 is 9.47 Å². The first-order valence-electron chi connectivity index (χ1n) is 7.53. The number of ether oxygens (including phenoxy) is 2. The van der Waals surface area contributed by atoms with E-state index < -0.39 is 0 Å². The molecular weight excluding hydrogens is 226 g/mol. The van der Waals surface area contributed by atoms with Crippen molar-refractivity contribution in [1.82, 2.24) is 5.32 Å². The summed E-state index contributed by atoms with van der Waals surface area (Å²) in [7, 11) is 1.75. The maximum atomic E-state index is 6.02. The third kappa shape index (κ3) is 7.34. The SMILES string of the molecule is COCC(CNCC(C)C)OCC1CCCCC1. The van der Waals surface area contributed by atoms with Crippen molar-refractivity contribution in [2.45, 2.75) is 52.1 Å². The van der Waals surface area contributed by atoms with Crippen LogP contribution in [0.4, 0.5) is 0 Å². The molecule has 1 aliphatic rings. The average molecular weight is 257 g/mol. The van der Waals surface area contributed by atoms with Gasteiger partial charge >= 0.3 is 0 Å². The predicted molar refractivity (Wildman–Crippen MR) is 75.9 cm³/mol. The monoisotopic (exact) mass is 257 g/mol. The molecular formula is C15H31NO2. The summed E-state index contributed by atoms with van der Waals surface area (Å²) >= 11 is 0. The van der Waals surface area contributed by atoms with E-state index in [1.54, 1.807) is 7.11 Å². The lowest BCUT2D eigenvalue weighted by atomic mass is 9.90. The van der Waals surface area contributed by atoms with Crippen LogP contribution in [0.25, 0.3) is 0 Å². The summed E-state index contributed by atoms with van der Waals surface area (Å²) in [6, 6.07) is 0. The molecule has 1 atom stereocenters. The van der Waals surface area contributed by atoms with Gasteiger partial charge in [0, 0.05) is 20.3 Å². The van der Waals surface area contributed by atoms with Crippen LogP contribution in [0.3, 0.4) is 0 Å². The second-order valence-electron chi connectivity index (χ2n) is 5.97. The van der Waals surface area contributed by atoms with Crippen molar-refractivity contribution in [3.8, 4) is 0 Å². The molecule has 1 fully saturated rings. The Bertz CT molecular complexity index is 191. The summed E-state index contributed by atoms with van der Waals surface area (Å²) in [6.07, 6.45) is 7.07. The quantitative estimate of drug-likeness (QED) is 0.689. The summed E-state index contributed by atoms with van der Waals surface area (Å²) in [4.78, 5) is 0.